The third-order valence-corrected chi connectivity index (χ3v) is 10.2. The maximum absolute atomic E-state index is 10.3. The van der Waals surface area contributed by atoms with Crippen molar-refractivity contribution in [2.75, 3.05) is 0 Å². The van der Waals surface area contributed by atoms with E-state index in [2.05, 4.69) is 121 Å². The van der Waals surface area contributed by atoms with Crippen LogP contribution in [0.15, 0.2) is 146 Å². The Morgan fingerprint density at radius 3 is 0.784 bits per heavy atom. The molecule has 0 fully saturated rings. The van der Waals surface area contributed by atoms with Crippen LogP contribution in [-0.4, -0.2) is 22.2 Å². The van der Waals surface area contributed by atoms with Gasteiger partial charge in [0.05, 0.1) is 11.1 Å². The highest BCUT2D eigenvalue weighted by molar-refractivity contribution is 8.01. The molecule has 0 aromatic heterocycles. The summed E-state index contributed by atoms with van der Waals surface area (Å²) in [7, 11) is -1.91. The number of carbonyl (C=O) groups is 2. The molecule has 0 unspecified atom stereocenters. The summed E-state index contributed by atoms with van der Waals surface area (Å²) in [4.78, 5) is 20.7. The van der Waals surface area contributed by atoms with Gasteiger partial charge in [-0.25, -0.2) is 9.59 Å². The van der Waals surface area contributed by atoms with Gasteiger partial charge in [-0.3, -0.25) is 0 Å². The Morgan fingerprint density at radius 1 is 0.378 bits per heavy atom. The van der Waals surface area contributed by atoms with Crippen LogP contribution in [0.2, 0.25) is 0 Å². The first-order valence-electron chi connectivity index (χ1n) is 11.7. The highest BCUT2D eigenvalue weighted by atomic mass is 31.2. The third kappa shape index (κ3) is 5.66. The summed E-state index contributed by atoms with van der Waals surface area (Å²) in [6.45, 7) is 0. The van der Waals surface area contributed by atoms with Crippen LogP contribution in [-0.2, 0) is 0 Å². The van der Waals surface area contributed by atoms with E-state index < -0.39 is 19.2 Å². The zero-order valence-corrected chi connectivity index (χ0v) is 20.9. The lowest BCUT2D eigenvalue weighted by Crippen LogP contribution is -2.38. The van der Waals surface area contributed by atoms with Gasteiger partial charge < -0.3 is 10.2 Å². The van der Waals surface area contributed by atoms with E-state index in [0.717, 1.165) is 0 Å². The molecule has 0 spiro atoms. The predicted molar refractivity (Wildman–Crippen MR) is 152 cm³/mol. The monoisotopic (exact) mass is 505 g/mol. The summed E-state index contributed by atoms with van der Waals surface area (Å²) < 4.78 is 0. The quantitative estimate of drug-likeness (QED) is 0.304. The summed E-state index contributed by atoms with van der Waals surface area (Å²) in [5.74, 6) is -2.13. The summed E-state index contributed by atoms with van der Waals surface area (Å²) in [5.41, 5.74) is 0.167. The second kappa shape index (κ2) is 11.9. The van der Waals surface area contributed by atoms with Crippen molar-refractivity contribution < 1.29 is 19.8 Å². The molecular formula is C32H26O4P+. The zero-order chi connectivity index (χ0) is 26.1. The van der Waals surface area contributed by atoms with Gasteiger partial charge in [-0.1, -0.05) is 72.8 Å². The fraction of sp³-hybridized carbons (Fsp3) is 0. The molecule has 0 aliphatic heterocycles. The average Bonchev–Trinajstić information content (AvgIpc) is 2.96. The topological polar surface area (TPSA) is 74.6 Å². The van der Waals surface area contributed by atoms with E-state index >= 15 is 0 Å². The van der Waals surface area contributed by atoms with Crippen LogP contribution in [0, 0.1) is 0 Å². The van der Waals surface area contributed by atoms with E-state index in [4.69, 9.17) is 10.2 Å². The molecule has 0 saturated carbocycles. The third-order valence-electron chi connectivity index (χ3n) is 5.95. The molecule has 4 nitrogen and oxygen atoms in total. The fourth-order valence-electron chi connectivity index (χ4n) is 4.26. The number of aromatic carboxylic acids is 2. The van der Waals surface area contributed by atoms with Gasteiger partial charge in [0.2, 0.25) is 0 Å². The average molecular weight is 506 g/mol. The zero-order valence-electron chi connectivity index (χ0n) is 20.0. The minimum Gasteiger partial charge on any atom is -0.478 e. The molecule has 5 heteroatoms. The van der Waals surface area contributed by atoms with E-state index in [1.807, 2.05) is 0 Å². The minimum atomic E-state index is -1.91. The van der Waals surface area contributed by atoms with Crippen LogP contribution >= 0.6 is 7.26 Å². The Bertz CT molecular complexity index is 1240. The minimum absolute atomic E-state index is 0.0833. The van der Waals surface area contributed by atoms with Gasteiger partial charge in [-0.15, -0.1) is 0 Å². The molecule has 2 N–H and O–H groups in total. The molecule has 37 heavy (non-hydrogen) atoms. The van der Waals surface area contributed by atoms with Crippen LogP contribution in [0.4, 0.5) is 0 Å². The van der Waals surface area contributed by atoms with Gasteiger partial charge in [0, 0.05) is 0 Å². The molecule has 182 valence electrons. The van der Waals surface area contributed by atoms with E-state index in [1.165, 1.54) is 45.5 Å². The van der Waals surface area contributed by atoms with Gasteiger partial charge in [0.25, 0.3) is 0 Å². The van der Waals surface area contributed by atoms with Gasteiger partial charge in [-0.2, -0.15) is 0 Å². The van der Waals surface area contributed by atoms with Crippen molar-refractivity contribution in [2.24, 2.45) is 0 Å². The number of carboxylic acid groups (broad SMARTS) is 2. The molecule has 5 rings (SSSR count). The number of carboxylic acids is 2. The molecule has 0 aliphatic carbocycles. The van der Waals surface area contributed by atoms with E-state index in [1.54, 1.807) is 0 Å². The summed E-state index contributed by atoms with van der Waals surface area (Å²) in [6.07, 6.45) is 0. The predicted octanol–water partition coefficient (Wildman–Crippen LogP) is 5.39. The van der Waals surface area contributed by atoms with Crippen LogP contribution in [0.25, 0.3) is 0 Å². The Balaban J connectivity index is 0.000000225. The Hall–Kier alpha value is -4.53. The maximum atomic E-state index is 10.3. The first-order valence-corrected chi connectivity index (χ1v) is 13.5. The van der Waals surface area contributed by atoms with Crippen molar-refractivity contribution in [2.45, 2.75) is 0 Å². The van der Waals surface area contributed by atoms with Gasteiger partial charge in [0.1, 0.15) is 28.5 Å². The maximum Gasteiger partial charge on any atom is 0.335 e. The summed E-state index contributed by atoms with van der Waals surface area (Å²) in [6, 6.07) is 48.9. The van der Waals surface area contributed by atoms with E-state index in [0.29, 0.717) is 0 Å². The molecule has 0 heterocycles. The van der Waals surface area contributed by atoms with Gasteiger partial charge in [-0.05, 0) is 72.8 Å². The molecule has 5 aromatic carbocycles. The van der Waals surface area contributed by atoms with Crippen LogP contribution in [0.5, 0.6) is 0 Å². The molecule has 0 aliphatic rings. The Labute approximate surface area is 216 Å². The highest BCUT2D eigenvalue weighted by Crippen LogP contribution is 2.53. The first-order chi connectivity index (χ1) is 18.0. The molecule has 5 aromatic rings. The Morgan fingerprint density at radius 2 is 0.595 bits per heavy atom. The summed E-state index contributed by atoms with van der Waals surface area (Å²) in [5, 5.41) is 22.5. The number of rotatable bonds is 6. The molecule has 0 amide bonds. The van der Waals surface area contributed by atoms with E-state index in [-0.39, 0.29) is 11.1 Å². The second-order valence-electron chi connectivity index (χ2n) is 8.20. The standard InChI is InChI=1S/C24H20P.C8H6O4/c1-5-13-21(14-6-1)25(22-15-7-2-8-16-22,23-17-9-3-10-18-23)24-19-11-4-12-20-24;9-7(10)5-1-2-6(4-3-5)8(11)12/h1-20H;1-4H,(H,9,10)(H,11,12)/q+1;. The van der Waals surface area contributed by atoms with E-state index in [9.17, 15) is 9.59 Å². The normalized spacial score (nSPS) is 10.6. The lowest BCUT2D eigenvalue weighted by Gasteiger charge is -2.27. The molecule has 0 saturated heterocycles. The molecular weight excluding hydrogens is 479 g/mol. The number of benzene rings is 5. The van der Waals surface area contributed by atoms with Crippen LogP contribution in [0.1, 0.15) is 20.7 Å². The molecule has 0 radical (unpaired) electrons. The van der Waals surface area contributed by atoms with Crippen molar-refractivity contribution in [3.05, 3.63) is 157 Å². The van der Waals surface area contributed by atoms with Gasteiger partial charge in [0.15, 0.2) is 0 Å². The van der Waals surface area contributed by atoms with Crippen molar-refractivity contribution in [1.29, 1.82) is 0 Å². The highest BCUT2D eigenvalue weighted by Gasteiger charge is 2.47. The van der Waals surface area contributed by atoms with Crippen molar-refractivity contribution in [1.82, 2.24) is 0 Å². The smallest absolute Gasteiger partial charge is 0.335 e. The molecule has 0 bridgehead atoms. The van der Waals surface area contributed by atoms with Crippen LogP contribution < -0.4 is 21.2 Å². The number of hydrogen-bond acceptors (Lipinski definition) is 2. The summed E-state index contributed by atoms with van der Waals surface area (Å²) >= 11 is 0. The SMILES string of the molecule is O=C(O)c1ccc(C(=O)O)cc1.c1ccc([P+](c2ccccc2)(c2ccccc2)c2ccccc2)cc1. The van der Waals surface area contributed by atoms with Crippen molar-refractivity contribution >= 4 is 40.4 Å². The van der Waals surface area contributed by atoms with Gasteiger partial charge >= 0.3 is 11.9 Å². The molecule has 0 atom stereocenters. The lowest BCUT2D eigenvalue weighted by molar-refractivity contribution is 0.0681. The van der Waals surface area contributed by atoms with Crippen molar-refractivity contribution in [3.63, 3.8) is 0 Å². The Kier molecular flexibility index (Phi) is 8.25. The first kappa shape index (κ1) is 25.6. The number of hydrogen-bond donors (Lipinski definition) is 2. The largest absolute Gasteiger partial charge is 0.478 e. The second-order valence-corrected chi connectivity index (χ2v) is 11.6. The van der Waals surface area contributed by atoms with Crippen LogP contribution in [0.3, 0.4) is 0 Å². The van der Waals surface area contributed by atoms with Crippen molar-refractivity contribution in [3.8, 4) is 0 Å². The lowest BCUT2D eigenvalue weighted by atomic mass is 10.1. The fourth-order valence-corrected chi connectivity index (χ4v) is 8.52.